The first kappa shape index (κ1) is 15.2. The van der Waals surface area contributed by atoms with Gasteiger partial charge in [-0.3, -0.25) is 4.79 Å². The minimum atomic E-state index is -3.47. The molecule has 1 aliphatic heterocycles. The zero-order valence-electron chi connectivity index (χ0n) is 11.9. The first-order valence-electron chi connectivity index (χ1n) is 7.02. The normalized spacial score (nSPS) is 15.8. The highest BCUT2D eigenvalue weighted by Gasteiger charge is 2.27. The van der Waals surface area contributed by atoms with Gasteiger partial charge in [0.25, 0.3) is 5.91 Å². The third kappa shape index (κ3) is 3.06. The Bertz CT molecular complexity index is 764. The van der Waals surface area contributed by atoms with Gasteiger partial charge in [0.15, 0.2) is 0 Å². The van der Waals surface area contributed by atoms with E-state index in [0.717, 1.165) is 12.8 Å². The summed E-state index contributed by atoms with van der Waals surface area (Å²) in [6.45, 7) is 1.13. The molecular weight excluding hydrogens is 320 g/mol. The highest BCUT2D eigenvalue weighted by Crippen LogP contribution is 2.23. The minimum Gasteiger partial charge on any atom is -0.321 e. The fraction of sp³-hybridized carbons (Fsp3) is 0.267. The minimum absolute atomic E-state index is 0.221. The molecular formula is C15H16N2O3S2. The molecule has 1 aromatic heterocycles. The van der Waals surface area contributed by atoms with Crippen molar-refractivity contribution in [2.24, 2.45) is 0 Å². The number of carbonyl (C=O) groups excluding carboxylic acids is 1. The Labute approximate surface area is 133 Å². The van der Waals surface area contributed by atoms with E-state index in [9.17, 15) is 13.2 Å². The molecule has 1 aliphatic rings. The van der Waals surface area contributed by atoms with Crippen LogP contribution in [0, 0.1) is 0 Å². The molecule has 1 aromatic carbocycles. The number of anilines is 1. The molecule has 1 N–H and O–H groups in total. The van der Waals surface area contributed by atoms with Gasteiger partial charge in [-0.2, -0.15) is 4.31 Å². The third-order valence-electron chi connectivity index (χ3n) is 3.54. The molecule has 0 aliphatic carbocycles. The van der Waals surface area contributed by atoms with Gasteiger partial charge < -0.3 is 5.32 Å². The van der Waals surface area contributed by atoms with Crippen molar-refractivity contribution < 1.29 is 13.2 Å². The zero-order chi connectivity index (χ0) is 15.6. The van der Waals surface area contributed by atoms with Gasteiger partial charge in [0.2, 0.25) is 10.0 Å². The summed E-state index contributed by atoms with van der Waals surface area (Å²) in [5.74, 6) is -0.231. The van der Waals surface area contributed by atoms with E-state index in [1.165, 1.54) is 21.7 Å². The smallest absolute Gasteiger partial charge is 0.265 e. The molecule has 5 nitrogen and oxygen atoms in total. The van der Waals surface area contributed by atoms with E-state index in [2.05, 4.69) is 5.32 Å². The number of sulfonamides is 1. The summed E-state index contributed by atoms with van der Waals surface area (Å²) in [6.07, 6.45) is 1.79. The van der Waals surface area contributed by atoms with E-state index in [-0.39, 0.29) is 10.8 Å². The second kappa shape index (κ2) is 6.20. The molecule has 1 amide bonds. The summed E-state index contributed by atoms with van der Waals surface area (Å²) >= 11 is 1.34. The molecule has 22 heavy (non-hydrogen) atoms. The fourth-order valence-corrected chi connectivity index (χ4v) is 4.59. The number of nitrogens with one attached hydrogen (secondary N) is 1. The molecule has 116 valence electrons. The molecule has 3 rings (SSSR count). The number of rotatable bonds is 4. The number of nitrogens with zero attached hydrogens (tertiary/aromatic N) is 1. The summed E-state index contributed by atoms with van der Waals surface area (Å²) in [5, 5.41) is 4.56. The lowest BCUT2D eigenvalue weighted by Crippen LogP contribution is -2.27. The maximum Gasteiger partial charge on any atom is 0.265 e. The van der Waals surface area contributed by atoms with E-state index >= 15 is 0 Å². The van der Waals surface area contributed by atoms with Crippen molar-refractivity contribution in [2.75, 3.05) is 18.4 Å². The van der Waals surface area contributed by atoms with Crippen molar-refractivity contribution >= 4 is 33.0 Å². The average molecular weight is 336 g/mol. The van der Waals surface area contributed by atoms with E-state index in [4.69, 9.17) is 0 Å². The Morgan fingerprint density at radius 1 is 1.14 bits per heavy atom. The monoisotopic (exact) mass is 336 g/mol. The van der Waals surface area contributed by atoms with Crippen molar-refractivity contribution in [2.45, 2.75) is 17.7 Å². The lowest BCUT2D eigenvalue weighted by atomic mass is 10.3. The van der Waals surface area contributed by atoms with Crippen LogP contribution in [0.15, 0.2) is 46.7 Å². The first-order valence-corrected chi connectivity index (χ1v) is 9.34. The second-order valence-electron chi connectivity index (χ2n) is 5.07. The van der Waals surface area contributed by atoms with Crippen LogP contribution in [-0.4, -0.2) is 31.7 Å². The Kier molecular flexibility index (Phi) is 4.28. The molecule has 0 unspecified atom stereocenters. The maximum atomic E-state index is 12.5. The zero-order valence-corrected chi connectivity index (χ0v) is 13.5. The van der Waals surface area contributed by atoms with Crippen molar-refractivity contribution in [3.63, 3.8) is 0 Å². The molecule has 0 bridgehead atoms. The summed E-state index contributed by atoms with van der Waals surface area (Å²) in [4.78, 5) is 12.8. The number of amides is 1. The standard InChI is InChI=1S/C15H16N2O3S2/c18-15(14-7-4-10-21-14)16-12-5-3-6-13(11-12)22(19,20)17-8-1-2-9-17/h3-7,10-11H,1-2,8-9H2,(H,16,18). The van der Waals surface area contributed by atoms with Crippen LogP contribution in [0.5, 0.6) is 0 Å². The highest BCUT2D eigenvalue weighted by atomic mass is 32.2. The topological polar surface area (TPSA) is 66.5 Å². The second-order valence-corrected chi connectivity index (χ2v) is 7.96. The highest BCUT2D eigenvalue weighted by molar-refractivity contribution is 7.89. The Hall–Kier alpha value is -1.70. The van der Waals surface area contributed by atoms with Gasteiger partial charge in [-0.25, -0.2) is 8.42 Å². The molecule has 2 aromatic rings. The van der Waals surface area contributed by atoms with Crippen LogP contribution in [0.25, 0.3) is 0 Å². The van der Waals surface area contributed by atoms with Gasteiger partial charge in [0.1, 0.15) is 0 Å². The van der Waals surface area contributed by atoms with Crippen LogP contribution < -0.4 is 5.32 Å². The summed E-state index contributed by atoms with van der Waals surface area (Å²) in [5.41, 5.74) is 0.485. The van der Waals surface area contributed by atoms with Crippen LogP contribution in [0.3, 0.4) is 0 Å². The lowest BCUT2D eigenvalue weighted by molar-refractivity contribution is 0.103. The molecule has 7 heteroatoms. The molecule has 0 spiro atoms. The molecule has 0 radical (unpaired) electrons. The first-order chi connectivity index (χ1) is 10.6. The van der Waals surface area contributed by atoms with E-state index in [0.29, 0.717) is 23.7 Å². The third-order valence-corrected chi connectivity index (χ3v) is 6.30. The number of hydrogen-bond donors (Lipinski definition) is 1. The van der Waals surface area contributed by atoms with Crippen molar-refractivity contribution in [1.29, 1.82) is 0 Å². The lowest BCUT2D eigenvalue weighted by Gasteiger charge is -2.16. The molecule has 1 fully saturated rings. The van der Waals surface area contributed by atoms with Gasteiger partial charge in [-0.15, -0.1) is 11.3 Å². The largest absolute Gasteiger partial charge is 0.321 e. The van der Waals surface area contributed by atoms with Crippen LogP contribution in [0.1, 0.15) is 22.5 Å². The summed E-state index contributed by atoms with van der Waals surface area (Å²) in [6, 6.07) is 9.94. The Morgan fingerprint density at radius 2 is 1.91 bits per heavy atom. The summed E-state index contributed by atoms with van der Waals surface area (Å²) in [7, 11) is -3.47. The maximum absolute atomic E-state index is 12.5. The predicted molar refractivity (Wildman–Crippen MR) is 86.7 cm³/mol. The van der Waals surface area contributed by atoms with E-state index in [1.807, 2.05) is 5.38 Å². The van der Waals surface area contributed by atoms with Crippen LogP contribution >= 0.6 is 11.3 Å². The quantitative estimate of drug-likeness (QED) is 0.933. The number of benzene rings is 1. The fourth-order valence-electron chi connectivity index (χ4n) is 2.41. The van der Waals surface area contributed by atoms with Crippen molar-refractivity contribution in [3.8, 4) is 0 Å². The van der Waals surface area contributed by atoms with Gasteiger partial charge in [-0.1, -0.05) is 12.1 Å². The molecule has 2 heterocycles. The van der Waals surface area contributed by atoms with Gasteiger partial charge in [-0.05, 0) is 42.5 Å². The predicted octanol–water partition coefficient (Wildman–Crippen LogP) is 2.78. The van der Waals surface area contributed by atoms with Gasteiger partial charge >= 0.3 is 0 Å². The van der Waals surface area contributed by atoms with E-state index < -0.39 is 10.0 Å². The van der Waals surface area contributed by atoms with Crippen molar-refractivity contribution in [3.05, 3.63) is 46.7 Å². The van der Waals surface area contributed by atoms with Crippen LogP contribution in [-0.2, 0) is 10.0 Å². The molecule has 0 atom stereocenters. The average Bonchev–Trinajstić information content (AvgIpc) is 3.21. The van der Waals surface area contributed by atoms with Crippen molar-refractivity contribution in [1.82, 2.24) is 4.31 Å². The van der Waals surface area contributed by atoms with Crippen LogP contribution in [0.4, 0.5) is 5.69 Å². The number of hydrogen-bond acceptors (Lipinski definition) is 4. The Morgan fingerprint density at radius 3 is 2.59 bits per heavy atom. The molecule has 1 saturated heterocycles. The summed E-state index contributed by atoms with van der Waals surface area (Å²) < 4.78 is 26.5. The number of carbonyl (C=O) groups is 1. The van der Waals surface area contributed by atoms with E-state index in [1.54, 1.807) is 30.3 Å². The SMILES string of the molecule is O=C(Nc1cccc(S(=O)(=O)N2CCCC2)c1)c1cccs1. The van der Waals surface area contributed by atoms with Gasteiger partial charge in [0, 0.05) is 18.8 Å². The van der Waals surface area contributed by atoms with Gasteiger partial charge in [0.05, 0.1) is 9.77 Å². The number of thiophene rings is 1. The Balaban J connectivity index is 1.82. The molecule has 0 saturated carbocycles. The van der Waals surface area contributed by atoms with Crippen LogP contribution in [0.2, 0.25) is 0 Å².